The van der Waals surface area contributed by atoms with Crippen LogP contribution in [-0.2, 0) is 16.1 Å². The smallest absolute Gasteiger partial charge is 0.0720 e. The fourth-order valence-electron chi connectivity index (χ4n) is 1.16. The summed E-state index contributed by atoms with van der Waals surface area (Å²) in [7, 11) is 0. The minimum atomic E-state index is 0.0573. The van der Waals surface area contributed by atoms with Gasteiger partial charge in [0.2, 0.25) is 0 Å². The first-order valence-corrected chi connectivity index (χ1v) is 5.01. The Kier molecular flexibility index (Phi) is 6.00. The van der Waals surface area contributed by atoms with E-state index >= 15 is 0 Å². The topological polar surface area (TPSA) is 38.7 Å². The number of benzene rings is 1. The molecule has 1 aromatic rings. The van der Waals surface area contributed by atoms with E-state index in [0.717, 1.165) is 11.1 Å². The molecule has 3 heteroatoms. The Morgan fingerprint density at radius 2 is 1.80 bits per heavy atom. The fourth-order valence-corrected chi connectivity index (χ4v) is 1.16. The van der Waals surface area contributed by atoms with Gasteiger partial charge in [0.15, 0.2) is 0 Å². The highest BCUT2D eigenvalue weighted by Gasteiger charge is 1.96. The van der Waals surface area contributed by atoms with Gasteiger partial charge in [-0.2, -0.15) is 0 Å². The number of ether oxygens (including phenoxy) is 2. The maximum Gasteiger partial charge on any atom is 0.0720 e. The summed E-state index contributed by atoms with van der Waals surface area (Å²) in [5.41, 5.74) is 2.09. The van der Waals surface area contributed by atoms with Crippen LogP contribution in [0.15, 0.2) is 24.3 Å². The molecule has 1 rings (SSSR count). The second kappa shape index (κ2) is 7.40. The first-order valence-electron chi connectivity index (χ1n) is 5.01. The molecule has 3 nitrogen and oxygen atoms in total. The van der Waals surface area contributed by atoms with Gasteiger partial charge in [0.1, 0.15) is 0 Å². The number of hydrogen-bond donors (Lipinski definition) is 1. The summed E-state index contributed by atoms with van der Waals surface area (Å²) in [6, 6.07) is 7.88. The van der Waals surface area contributed by atoms with Gasteiger partial charge in [0.25, 0.3) is 0 Å². The highest BCUT2D eigenvalue weighted by Crippen LogP contribution is 2.07. The van der Waals surface area contributed by atoms with E-state index in [0.29, 0.717) is 26.4 Å². The summed E-state index contributed by atoms with van der Waals surface area (Å²) in [6.07, 6.45) is 0. The summed E-state index contributed by atoms with van der Waals surface area (Å²) in [4.78, 5) is 0. The van der Waals surface area contributed by atoms with Gasteiger partial charge in [0, 0.05) is 0 Å². The highest BCUT2D eigenvalue weighted by atomic mass is 16.5. The van der Waals surface area contributed by atoms with Crippen LogP contribution in [0.3, 0.4) is 0 Å². The minimum absolute atomic E-state index is 0.0573. The van der Waals surface area contributed by atoms with Gasteiger partial charge in [-0.15, -0.1) is 0 Å². The van der Waals surface area contributed by atoms with Crippen LogP contribution in [0, 0.1) is 6.92 Å². The molecular formula is C12H17O3. The zero-order valence-electron chi connectivity index (χ0n) is 8.82. The Balaban J connectivity index is 2.12. The molecular weight excluding hydrogens is 192 g/mol. The molecule has 0 unspecified atom stereocenters. The van der Waals surface area contributed by atoms with E-state index in [-0.39, 0.29) is 6.61 Å². The summed E-state index contributed by atoms with van der Waals surface area (Å²) < 4.78 is 10.5. The van der Waals surface area contributed by atoms with E-state index in [4.69, 9.17) is 14.6 Å². The number of hydrogen-bond acceptors (Lipinski definition) is 3. The molecule has 0 aromatic heterocycles. The van der Waals surface area contributed by atoms with Crippen LogP contribution < -0.4 is 0 Å². The van der Waals surface area contributed by atoms with Crippen molar-refractivity contribution in [2.75, 3.05) is 26.4 Å². The van der Waals surface area contributed by atoms with Gasteiger partial charge in [0.05, 0.1) is 33.0 Å². The fraction of sp³-hybridized carbons (Fsp3) is 0.417. The molecule has 0 amide bonds. The van der Waals surface area contributed by atoms with Crippen LogP contribution >= 0.6 is 0 Å². The molecule has 0 aliphatic carbocycles. The zero-order chi connectivity index (χ0) is 10.9. The normalized spacial score (nSPS) is 10.5. The predicted molar refractivity (Wildman–Crippen MR) is 58.5 cm³/mol. The molecule has 1 aromatic carbocycles. The highest BCUT2D eigenvalue weighted by molar-refractivity contribution is 5.28. The molecule has 1 N–H and O–H groups in total. The summed E-state index contributed by atoms with van der Waals surface area (Å²) in [5, 5.41) is 8.46. The van der Waals surface area contributed by atoms with E-state index in [2.05, 4.69) is 6.92 Å². The van der Waals surface area contributed by atoms with Crippen molar-refractivity contribution in [3.63, 3.8) is 0 Å². The van der Waals surface area contributed by atoms with Crippen LogP contribution in [0.5, 0.6) is 0 Å². The average molecular weight is 209 g/mol. The second-order valence-electron chi connectivity index (χ2n) is 3.16. The van der Waals surface area contributed by atoms with Gasteiger partial charge in [-0.3, -0.25) is 0 Å². The Morgan fingerprint density at radius 1 is 1.07 bits per heavy atom. The lowest BCUT2D eigenvalue weighted by molar-refractivity contribution is 0.0273. The number of aliphatic hydroxyl groups excluding tert-OH is 1. The Bertz CT molecular complexity index is 273. The van der Waals surface area contributed by atoms with Crippen LogP contribution in [0.25, 0.3) is 0 Å². The van der Waals surface area contributed by atoms with Gasteiger partial charge in [-0.1, -0.05) is 24.3 Å². The molecule has 0 saturated heterocycles. The van der Waals surface area contributed by atoms with Crippen LogP contribution in [0.4, 0.5) is 0 Å². The predicted octanol–water partition coefficient (Wildman–Crippen LogP) is 1.39. The molecule has 1 radical (unpaired) electrons. The van der Waals surface area contributed by atoms with Gasteiger partial charge in [-0.25, -0.2) is 0 Å². The van der Waals surface area contributed by atoms with E-state index in [1.807, 2.05) is 24.3 Å². The molecule has 0 aliphatic heterocycles. The van der Waals surface area contributed by atoms with Crippen molar-refractivity contribution in [2.45, 2.75) is 6.61 Å². The van der Waals surface area contributed by atoms with Crippen LogP contribution in [-0.4, -0.2) is 31.5 Å². The van der Waals surface area contributed by atoms with E-state index in [9.17, 15) is 0 Å². The first kappa shape index (κ1) is 12.2. The Hall–Kier alpha value is -0.900. The van der Waals surface area contributed by atoms with Gasteiger partial charge < -0.3 is 14.6 Å². The lowest BCUT2D eigenvalue weighted by Gasteiger charge is -2.07. The van der Waals surface area contributed by atoms with Crippen LogP contribution in [0.2, 0.25) is 0 Å². The lowest BCUT2D eigenvalue weighted by Crippen LogP contribution is -2.07. The van der Waals surface area contributed by atoms with E-state index < -0.39 is 0 Å². The second-order valence-corrected chi connectivity index (χ2v) is 3.16. The average Bonchev–Trinajstić information content (AvgIpc) is 2.25. The molecule has 15 heavy (non-hydrogen) atoms. The number of aliphatic hydroxyl groups is 1. The third-order valence-corrected chi connectivity index (χ3v) is 1.98. The van der Waals surface area contributed by atoms with Gasteiger partial charge in [-0.05, 0) is 18.1 Å². The van der Waals surface area contributed by atoms with Crippen molar-refractivity contribution in [1.29, 1.82) is 0 Å². The monoisotopic (exact) mass is 209 g/mol. The molecule has 0 fully saturated rings. The third-order valence-electron chi connectivity index (χ3n) is 1.98. The lowest BCUT2D eigenvalue weighted by atomic mass is 10.1. The van der Waals surface area contributed by atoms with Gasteiger partial charge >= 0.3 is 0 Å². The van der Waals surface area contributed by atoms with Crippen molar-refractivity contribution in [3.05, 3.63) is 42.3 Å². The van der Waals surface area contributed by atoms with Crippen molar-refractivity contribution in [3.8, 4) is 0 Å². The molecule has 0 spiro atoms. The largest absolute Gasteiger partial charge is 0.394 e. The molecule has 0 aliphatic rings. The molecule has 0 bridgehead atoms. The van der Waals surface area contributed by atoms with Crippen molar-refractivity contribution in [2.24, 2.45) is 0 Å². The number of rotatable bonds is 7. The standard InChI is InChI=1S/C12H17O3/c1-11-4-2-3-5-12(11)10-15-9-8-14-7-6-13/h2-5,13H,1,6-10H2. The van der Waals surface area contributed by atoms with Crippen molar-refractivity contribution >= 4 is 0 Å². The summed E-state index contributed by atoms with van der Waals surface area (Å²) in [6.45, 7) is 5.94. The zero-order valence-corrected chi connectivity index (χ0v) is 8.82. The molecule has 0 heterocycles. The molecule has 83 valence electrons. The Labute approximate surface area is 90.6 Å². The van der Waals surface area contributed by atoms with E-state index in [1.165, 1.54) is 0 Å². The van der Waals surface area contributed by atoms with Crippen molar-refractivity contribution < 1.29 is 14.6 Å². The van der Waals surface area contributed by atoms with E-state index in [1.54, 1.807) is 0 Å². The molecule has 0 saturated carbocycles. The maximum absolute atomic E-state index is 8.46. The maximum atomic E-state index is 8.46. The molecule has 0 atom stereocenters. The summed E-state index contributed by atoms with van der Waals surface area (Å²) >= 11 is 0. The minimum Gasteiger partial charge on any atom is -0.394 e. The first-order chi connectivity index (χ1) is 7.34. The summed E-state index contributed by atoms with van der Waals surface area (Å²) in [5.74, 6) is 0. The Morgan fingerprint density at radius 3 is 2.53 bits per heavy atom. The third kappa shape index (κ3) is 4.93. The van der Waals surface area contributed by atoms with Crippen molar-refractivity contribution in [1.82, 2.24) is 0 Å². The SMILES string of the molecule is [CH2]c1ccccc1COCCOCCO. The van der Waals surface area contributed by atoms with Crippen LogP contribution in [0.1, 0.15) is 11.1 Å². The quantitative estimate of drug-likeness (QED) is 0.690.